The lowest BCUT2D eigenvalue weighted by atomic mass is 10.1. The smallest absolute Gasteiger partial charge is 0.416 e. The summed E-state index contributed by atoms with van der Waals surface area (Å²) >= 11 is 0. The number of carbonyl (C=O) groups excluding carboxylic acids is 1. The van der Waals surface area contributed by atoms with Gasteiger partial charge < -0.3 is 13.9 Å². The Balaban J connectivity index is 0.000000201. The molecule has 4 aromatic rings. The van der Waals surface area contributed by atoms with Crippen LogP contribution >= 0.6 is 0 Å². The van der Waals surface area contributed by atoms with Gasteiger partial charge >= 0.3 is 12.4 Å². The van der Waals surface area contributed by atoms with Crippen LogP contribution < -0.4 is 0 Å². The van der Waals surface area contributed by atoms with Gasteiger partial charge in [-0.05, 0) is 62.4 Å². The number of aryl methyl sites for hydroxylation is 2. The molecule has 4 rings (SSSR count). The van der Waals surface area contributed by atoms with Crippen LogP contribution in [0.3, 0.4) is 0 Å². The van der Waals surface area contributed by atoms with Gasteiger partial charge in [0.1, 0.15) is 6.61 Å². The van der Waals surface area contributed by atoms with Crippen molar-refractivity contribution in [3.63, 3.8) is 0 Å². The largest absolute Gasteiger partial charge is 0.438 e. The van der Waals surface area contributed by atoms with E-state index in [1.165, 1.54) is 24.3 Å². The molecular formula is C24H18F6N2O4. The maximum Gasteiger partial charge on any atom is 0.416 e. The number of benzene rings is 2. The molecule has 0 fully saturated rings. The van der Waals surface area contributed by atoms with E-state index in [1.807, 2.05) is 0 Å². The van der Waals surface area contributed by atoms with E-state index in [0.29, 0.717) is 34.6 Å². The van der Waals surface area contributed by atoms with Crippen LogP contribution in [0.25, 0.3) is 22.9 Å². The minimum atomic E-state index is -4.38. The first-order valence-corrected chi connectivity index (χ1v) is 10.2. The van der Waals surface area contributed by atoms with Gasteiger partial charge in [-0.3, -0.25) is 4.79 Å². The van der Waals surface area contributed by atoms with Crippen molar-refractivity contribution in [1.29, 1.82) is 0 Å². The van der Waals surface area contributed by atoms with Gasteiger partial charge in [-0.15, -0.1) is 0 Å². The summed E-state index contributed by atoms with van der Waals surface area (Å²) in [5.41, 5.74) is 0.277. The fourth-order valence-corrected chi connectivity index (χ4v) is 2.94. The van der Waals surface area contributed by atoms with Crippen LogP contribution in [0.5, 0.6) is 0 Å². The molecule has 190 valence electrons. The number of halogens is 6. The first-order valence-electron chi connectivity index (χ1n) is 10.2. The standard InChI is InChI=1S/C12H10F3NO2.C12H8F3NO2/c2*1-7-10(6-17)18-11(16-7)8-2-4-9(5-3-8)12(13,14)15/h2-5,17H,6H2,1H3;2-6H,1H3. The maximum absolute atomic E-state index is 12.4. The van der Waals surface area contributed by atoms with Crippen LogP contribution in [0, 0.1) is 13.8 Å². The average molecular weight is 512 g/mol. The maximum atomic E-state index is 12.4. The molecule has 12 heteroatoms. The summed E-state index contributed by atoms with van der Waals surface area (Å²) in [5, 5.41) is 8.95. The Bertz CT molecular complexity index is 1320. The highest BCUT2D eigenvalue weighted by molar-refractivity contribution is 5.73. The summed E-state index contributed by atoms with van der Waals surface area (Å²) in [4.78, 5) is 18.6. The lowest BCUT2D eigenvalue weighted by molar-refractivity contribution is -0.138. The number of carbonyl (C=O) groups is 1. The Labute approximate surface area is 200 Å². The lowest BCUT2D eigenvalue weighted by Gasteiger charge is -2.06. The van der Waals surface area contributed by atoms with Crippen molar-refractivity contribution in [2.75, 3.05) is 0 Å². The number of aliphatic hydroxyl groups excluding tert-OH is 1. The zero-order chi connectivity index (χ0) is 26.7. The topological polar surface area (TPSA) is 89.4 Å². The number of rotatable bonds is 4. The summed E-state index contributed by atoms with van der Waals surface area (Å²) in [7, 11) is 0. The molecule has 2 heterocycles. The van der Waals surface area contributed by atoms with E-state index in [1.54, 1.807) is 13.8 Å². The number of alkyl halides is 6. The minimum Gasteiger partial charge on any atom is -0.438 e. The number of nitrogens with zero attached hydrogens (tertiary/aromatic N) is 2. The van der Waals surface area contributed by atoms with E-state index in [-0.39, 0.29) is 24.1 Å². The van der Waals surface area contributed by atoms with Crippen molar-refractivity contribution in [2.45, 2.75) is 32.8 Å². The van der Waals surface area contributed by atoms with E-state index >= 15 is 0 Å². The molecule has 36 heavy (non-hydrogen) atoms. The lowest BCUT2D eigenvalue weighted by Crippen LogP contribution is -2.03. The third-order valence-corrected chi connectivity index (χ3v) is 4.89. The molecule has 0 bridgehead atoms. The number of hydrogen-bond donors (Lipinski definition) is 1. The Morgan fingerprint density at radius 3 is 1.50 bits per heavy atom. The van der Waals surface area contributed by atoms with E-state index in [4.69, 9.17) is 13.9 Å². The second-order valence-corrected chi connectivity index (χ2v) is 7.42. The van der Waals surface area contributed by atoms with Gasteiger partial charge in [-0.25, -0.2) is 9.97 Å². The first kappa shape index (κ1) is 26.7. The van der Waals surface area contributed by atoms with Crippen molar-refractivity contribution in [3.8, 4) is 22.9 Å². The van der Waals surface area contributed by atoms with Crippen molar-refractivity contribution >= 4 is 6.29 Å². The summed E-state index contributed by atoms with van der Waals surface area (Å²) in [6.45, 7) is 2.95. The minimum absolute atomic E-state index is 0.0740. The van der Waals surface area contributed by atoms with Gasteiger partial charge in [0.15, 0.2) is 17.8 Å². The van der Waals surface area contributed by atoms with E-state index in [9.17, 15) is 31.1 Å². The molecule has 0 aliphatic rings. The van der Waals surface area contributed by atoms with Crippen LogP contribution in [0.15, 0.2) is 57.4 Å². The van der Waals surface area contributed by atoms with Gasteiger partial charge in [-0.2, -0.15) is 26.3 Å². The fraction of sp³-hybridized carbons (Fsp3) is 0.208. The highest BCUT2D eigenvalue weighted by Crippen LogP contribution is 2.32. The monoisotopic (exact) mass is 512 g/mol. The molecule has 0 aliphatic heterocycles. The van der Waals surface area contributed by atoms with Crippen LogP contribution in [0.2, 0.25) is 0 Å². The molecule has 2 aromatic carbocycles. The average Bonchev–Trinajstić information content (AvgIpc) is 3.40. The van der Waals surface area contributed by atoms with E-state index in [0.717, 1.165) is 24.3 Å². The van der Waals surface area contributed by atoms with Gasteiger partial charge in [0.2, 0.25) is 11.8 Å². The predicted octanol–water partition coefficient (Wildman–Crippen LogP) is 6.64. The summed E-state index contributed by atoms with van der Waals surface area (Å²) in [6.07, 6.45) is -8.23. The highest BCUT2D eigenvalue weighted by Gasteiger charge is 2.31. The normalized spacial score (nSPS) is 11.7. The molecule has 2 aromatic heterocycles. The van der Waals surface area contributed by atoms with Crippen LogP contribution in [0.4, 0.5) is 26.3 Å². The van der Waals surface area contributed by atoms with Gasteiger partial charge in [0.05, 0.1) is 22.5 Å². The van der Waals surface area contributed by atoms with Gasteiger partial charge in [-0.1, -0.05) is 0 Å². The van der Waals surface area contributed by atoms with Crippen LogP contribution in [0.1, 0.15) is 38.8 Å². The third-order valence-electron chi connectivity index (χ3n) is 4.89. The quantitative estimate of drug-likeness (QED) is 0.244. The molecular weight excluding hydrogens is 494 g/mol. The second-order valence-electron chi connectivity index (χ2n) is 7.42. The van der Waals surface area contributed by atoms with Crippen molar-refractivity contribution in [2.24, 2.45) is 0 Å². The third kappa shape index (κ3) is 6.19. The molecule has 0 saturated heterocycles. The zero-order valence-corrected chi connectivity index (χ0v) is 18.7. The molecule has 0 amide bonds. The molecule has 1 N–H and O–H groups in total. The molecule has 0 atom stereocenters. The summed E-state index contributed by atoms with van der Waals surface area (Å²) in [6, 6.07) is 8.89. The predicted molar refractivity (Wildman–Crippen MR) is 115 cm³/mol. The number of aldehydes is 1. The molecule has 0 spiro atoms. The Hall–Kier alpha value is -3.93. The Kier molecular flexibility index (Phi) is 7.68. The van der Waals surface area contributed by atoms with Gasteiger partial charge in [0, 0.05) is 11.1 Å². The van der Waals surface area contributed by atoms with Crippen molar-refractivity contribution in [3.05, 3.63) is 82.6 Å². The second kappa shape index (κ2) is 10.4. The van der Waals surface area contributed by atoms with Crippen LogP contribution in [-0.4, -0.2) is 21.4 Å². The number of aliphatic hydroxyl groups is 1. The first-order chi connectivity index (χ1) is 16.8. The molecule has 0 aliphatic carbocycles. The Morgan fingerprint density at radius 2 is 1.17 bits per heavy atom. The fourth-order valence-electron chi connectivity index (χ4n) is 2.94. The van der Waals surface area contributed by atoms with E-state index in [2.05, 4.69) is 9.97 Å². The molecule has 6 nitrogen and oxygen atoms in total. The van der Waals surface area contributed by atoms with Crippen LogP contribution in [-0.2, 0) is 19.0 Å². The van der Waals surface area contributed by atoms with Crippen molar-refractivity contribution < 1.29 is 45.1 Å². The number of hydrogen-bond acceptors (Lipinski definition) is 6. The highest BCUT2D eigenvalue weighted by atomic mass is 19.4. The number of oxazole rings is 2. The summed E-state index contributed by atoms with van der Waals surface area (Å²) < 4.78 is 84.5. The van der Waals surface area contributed by atoms with Gasteiger partial charge in [0.25, 0.3) is 0 Å². The van der Waals surface area contributed by atoms with E-state index < -0.39 is 23.5 Å². The molecule has 0 radical (unpaired) electrons. The molecule has 0 saturated carbocycles. The number of aromatic nitrogens is 2. The summed E-state index contributed by atoms with van der Waals surface area (Å²) in [5.74, 6) is 0.711. The SMILES string of the molecule is Cc1nc(-c2ccc(C(F)(F)F)cc2)oc1C=O.Cc1nc(-c2ccc(C(F)(F)F)cc2)oc1CO. The Morgan fingerprint density at radius 1 is 0.750 bits per heavy atom. The zero-order valence-electron chi connectivity index (χ0n) is 18.7. The van der Waals surface area contributed by atoms with Crippen molar-refractivity contribution in [1.82, 2.24) is 9.97 Å². The molecule has 0 unspecified atom stereocenters.